The quantitative estimate of drug-likeness (QED) is 0.503. The van der Waals surface area contributed by atoms with Gasteiger partial charge in [0, 0.05) is 41.6 Å². The Labute approximate surface area is 184 Å². The maximum absolute atomic E-state index is 13.0. The third-order valence-electron chi connectivity index (χ3n) is 5.89. The number of nitrogens with one attached hydrogen (secondary N) is 2. The molecule has 2 aliphatic rings. The minimum absolute atomic E-state index is 0.188. The van der Waals surface area contributed by atoms with E-state index in [1.165, 1.54) is 12.0 Å². The number of likely N-dealkylation sites (tertiary alicyclic amines) is 1. The van der Waals surface area contributed by atoms with E-state index in [2.05, 4.69) is 31.5 Å². The topological polar surface area (TPSA) is 92.4 Å². The van der Waals surface area contributed by atoms with Crippen LogP contribution in [0.4, 0.5) is 5.69 Å². The molecule has 160 valence electrons. The lowest BCUT2D eigenvalue weighted by Gasteiger charge is -2.30. The number of fused-ring (bicyclic) bond motifs is 2. The van der Waals surface area contributed by atoms with Gasteiger partial charge in [-0.2, -0.15) is 5.10 Å². The zero-order valence-electron chi connectivity index (χ0n) is 17.3. The van der Waals surface area contributed by atoms with E-state index in [1.807, 2.05) is 30.6 Å². The van der Waals surface area contributed by atoms with Crippen molar-refractivity contribution in [2.45, 2.75) is 13.0 Å². The number of aromatic amines is 1. The van der Waals surface area contributed by atoms with Crippen molar-refractivity contribution in [1.82, 2.24) is 20.1 Å². The van der Waals surface area contributed by atoms with Crippen LogP contribution in [-0.4, -0.2) is 45.9 Å². The summed E-state index contributed by atoms with van der Waals surface area (Å²) in [4.78, 5) is 19.8. The number of pyridine rings is 1. The number of hydrogen-bond donors (Lipinski definition) is 2. The first-order valence-electron chi connectivity index (χ1n) is 10.6. The smallest absolute Gasteiger partial charge is 0.276 e. The molecule has 0 radical (unpaired) electrons. The molecule has 0 aliphatic carbocycles. The van der Waals surface area contributed by atoms with Crippen LogP contribution < -0.4 is 14.8 Å². The van der Waals surface area contributed by atoms with Gasteiger partial charge in [-0.3, -0.25) is 19.8 Å². The van der Waals surface area contributed by atoms with E-state index in [1.54, 1.807) is 18.2 Å². The van der Waals surface area contributed by atoms with Gasteiger partial charge in [-0.05, 0) is 61.0 Å². The minimum Gasteiger partial charge on any atom is -0.454 e. The van der Waals surface area contributed by atoms with Crippen LogP contribution in [0.3, 0.4) is 0 Å². The summed E-state index contributed by atoms with van der Waals surface area (Å²) >= 11 is 0. The minimum atomic E-state index is -0.295. The van der Waals surface area contributed by atoms with Gasteiger partial charge < -0.3 is 14.8 Å². The van der Waals surface area contributed by atoms with Crippen LogP contribution in [0.5, 0.6) is 11.5 Å². The normalized spacial score (nSPS) is 15.0. The maximum Gasteiger partial charge on any atom is 0.276 e. The molecule has 0 unspecified atom stereocenters. The number of anilines is 1. The van der Waals surface area contributed by atoms with E-state index in [-0.39, 0.29) is 12.7 Å². The number of carbonyl (C=O) groups is 1. The SMILES string of the molecule is O=C(Nc1ccc2c(c1)OCO2)c1n[nH]c2ccc(-c3cncc(CN4CCC4)c3)cc12. The Balaban J connectivity index is 1.28. The molecule has 0 bridgehead atoms. The highest BCUT2D eigenvalue weighted by Crippen LogP contribution is 2.34. The van der Waals surface area contributed by atoms with Gasteiger partial charge >= 0.3 is 0 Å². The van der Waals surface area contributed by atoms with Crippen molar-refractivity contribution in [1.29, 1.82) is 0 Å². The fourth-order valence-corrected chi connectivity index (χ4v) is 4.06. The van der Waals surface area contributed by atoms with Crippen LogP contribution in [0.15, 0.2) is 54.9 Å². The number of carbonyl (C=O) groups excluding carboxylic acids is 1. The zero-order valence-corrected chi connectivity index (χ0v) is 17.3. The summed E-state index contributed by atoms with van der Waals surface area (Å²) < 4.78 is 10.7. The predicted molar refractivity (Wildman–Crippen MR) is 120 cm³/mol. The van der Waals surface area contributed by atoms with Crippen molar-refractivity contribution in [3.05, 3.63) is 66.1 Å². The van der Waals surface area contributed by atoms with Crippen LogP contribution in [0.1, 0.15) is 22.5 Å². The molecule has 1 amide bonds. The fourth-order valence-electron chi connectivity index (χ4n) is 4.06. The van der Waals surface area contributed by atoms with Gasteiger partial charge in [0.2, 0.25) is 6.79 Å². The van der Waals surface area contributed by atoms with E-state index >= 15 is 0 Å². The van der Waals surface area contributed by atoms with Crippen molar-refractivity contribution in [3.63, 3.8) is 0 Å². The van der Waals surface area contributed by atoms with Gasteiger partial charge in [-0.25, -0.2) is 0 Å². The lowest BCUT2D eigenvalue weighted by Crippen LogP contribution is -2.36. The van der Waals surface area contributed by atoms with Crippen LogP contribution in [0.25, 0.3) is 22.0 Å². The van der Waals surface area contributed by atoms with Gasteiger partial charge in [0.05, 0.1) is 5.52 Å². The molecule has 0 saturated carbocycles. The number of ether oxygens (including phenoxy) is 2. The maximum atomic E-state index is 13.0. The standard InChI is InChI=1S/C24H21N5O3/c30-24(26-18-3-5-21-22(10-18)32-14-31-21)23-19-9-16(2-4-20(19)27-28-23)17-8-15(11-25-12-17)13-29-6-1-7-29/h2-5,8-12H,1,6-7,13-14H2,(H,26,30)(H,27,28). The van der Waals surface area contributed by atoms with Crippen molar-refractivity contribution >= 4 is 22.5 Å². The second kappa shape index (κ2) is 7.65. The summed E-state index contributed by atoms with van der Waals surface area (Å²) in [5.74, 6) is 0.988. The van der Waals surface area contributed by atoms with Crippen molar-refractivity contribution in [2.24, 2.45) is 0 Å². The average molecular weight is 427 g/mol. The molecule has 2 aromatic carbocycles. The van der Waals surface area contributed by atoms with Gasteiger partial charge in [-0.15, -0.1) is 0 Å². The molecule has 2 N–H and O–H groups in total. The number of amides is 1. The lowest BCUT2D eigenvalue weighted by atomic mass is 10.0. The molecule has 1 saturated heterocycles. The van der Waals surface area contributed by atoms with Crippen molar-refractivity contribution < 1.29 is 14.3 Å². The van der Waals surface area contributed by atoms with Crippen LogP contribution in [-0.2, 0) is 6.54 Å². The largest absolute Gasteiger partial charge is 0.454 e. The molecular formula is C24H21N5O3. The van der Waals surface area contributed by atoms with Gasteiger partial charge in [-0.1, -0.05) is 6.07 Å². The van der Waals surface area contributed by atoms with E-state index in [4.69, 9.17) is 9.47 Å². The van der Waals surface area contributed by atoms with E-state index < -0.39 is 0 Å². The highest BCUT2D eigenvalue weighted by molar-refractivity contribution is 6.11. The molecular weight excluding hydrogens is 406 g/mol. The summed E-state index contributed by atoms with van der Waals surface area (Å²) in [6.07, 6.45) is 5.04. The molecule has 6 rings (SSSR count). The number of H-pyrrole nitrogens is 1. The van der Waals surface area contributed by atoms with Crippen molar-refractivity contribution in [2.75, 3.05) is 25.2 Å². The molecule has 0 spiro atoms. The third kappa shape index (κ3) is 3.44. The van der Waals surface area contributed by atoms with Crippen molar-refractivity contribution in [3.8, 4) is 22.6 Å². The summed E-state index contributed by atoms with van der Waals surface area (Å²) in [6, 6.07) is 13.4. The number of nitrogens with zero attached hydrogens (tertiary/aromatic N) is 3. The van der Waals surface area contributed by atoms with E-state index in [0.717, 1.165) is 41.7 Å². The second-order valence-electron chi connectivity index (χ2n) is 8.07. The molecule has 4 aromatic rings. The highest BCUT2D eigenvalue weighted by Gasteiger charge is 2.18. The Hall–Kier alpha value is -3.91. The number of aromatic nitrogens is 3. The second-order valence-corrected chi connectivity index (χ2v) is 8.07. The zero-order chi connectivity index (χ0) is 21.5. The third-order valence-corrected chi connectivity index (χ3v) is 5.89. The summed E-state index contributed by atoms with van der Waals surface area (Å²) in [7, 11) is 0. The average Bonchev–Trinajstić information content (AvgIpc) is 3.42. The molecule has 8 nitrogen and oxygen atoms in total. The molecule has 2 aromatic heterocycles. The first-order valence-corrected chi connectivity index (χ1v) is 10.6. The van der Waals surface area contributed by atoms with Crippen LogP contribution in [0, 0.1) is 0 Å². The fraction of sp³-hybridized carbons (Fsp3) is 0.208. The van der Waals surface area contributed by atoms with Crippen LogP contribution >= 0.6 is 0 Å². The molecule has 1 fully saturated rings. The first kappa shape index (κ1) is 18.8. The van der Waals surface area contributed by atoms with E-state index in [9.17, 15) is 4.79 Å². The van der Waals surface area contributed by atoms with Crippen LogP contribution in [0.2, 0.25) is 0 Å². The highest BCUT2D eigenvalue weighted by atomic mass is 16.7. The van der Waals surface area contributed by atoms with Gasteiger partial charge in [0.1, 0.15) is 0 Å². The molecule has 4 heterocycles. The Kier molecular flexibility index (Phi) is 4.50. The monoisotopic (exact) mass is 427 g/mol. The predicted octanol–water partition coefficient (Wildman–Crippen LogP) is 3.81. The lowest BCUT2D eigenvalue weighted by molar-refractivity contribution is 0.102. The summed E-state index contributed by atoms with van der Waals surface area (Å²) in [5.41, 5.74) is 4.96. The molecule has 2 aliphatic heterocycles. The summed E-state index contributed by atoms with van der Waals surface area (Å²) in [5, 5.41) is 10.9. The molecule has 8 heteroatoms. The Morgan fingerprint density at radius 3 is 2.81 bits per heavy atom. The Morgan fingerprint density at radius 1 is 1.03 bits per heavy atom. The first-order chi connectivity index (χ1) is 15.7. The molecule has 0 atom stereocenters. The number of hydrogen-bond acceptors (Lipinski definition) is 6. The van der Waals surface area contributed by atoms with Gasteiger partial charge in [0.15, 0.2) is 17.2 Å². The number of rotatable bonds is 5. The van der Waals surface area contributed by atoms with E-state index in [0.29, 0.717) is 22.9 Å². The molecule has 32 heavy (non-hydrogen) atoms. The van der Waals surface area contributed by atoms with Gasteiger partial charge in [0.25, 0.3) is 5.91 Å². The summed E-state index contributed by atoms with van der Waals surface area (Å²) in [6.45, 7) is 3.39. The number of benzene rings is 2. The Bertz CT molecular complexity index is 1330. The Morgan fingerprint density at radius 2 is 1.94 bits per heavy atom.